The Bertz CT molecular complexity index is 961. The van der Waals surface area contributed by atoms with E-state index in [2.05, 4.69) is 4.98 Å². The zero-order chi connectivity index (χ0) is 18.1. The number of aromatic nitrogens is 3. The highest BCUT2D eigenvalue weighted by Gasteiger charge is 2.25. The van der Waals surface area contributed by atoms with E-state index in [1.807, 2.05) is 35.0 Å². The molecule has 3 aromatic rings. The first-order valence-electron chi connectivity index (χ1n) is 8.86. The van der Waals surface area contributed by atoms with Gasteiger partial charge < -0.3 is 4.74 Å². The highest BCUT2D eigenvalue weighted by Crippen LogP contribution is 2.37. The number of hydrogen-bond acceptors (Lipinski definition) is 4. The third-order valence-corrected chi connectivity index (χ3v) is 5.25. The largest absolute Gasteiger partial charge is 0.464 e. The first-order valence-corrected chi connectivity index (χ1v) is 9.24. The van der Waals surface area contributed by atoms with E-state index < -0.39 is 5.97 Å². The van der Waals surface area contributed by atoms with Gasteiger partial charge in [0, 0.05) is 29.8 Å². The van der Waals surface area contributed by atoms with Crippen molar-refractivity contribution in [3.63, 3.8) is 0 Å². The Morgan fingerprint density at radius 3 is 2.85 bits per heavy atom. The summed E-state index contributed by atoms with van der Waals surface area (Å²) in [4.78, 5) is 16.3. The second kappa shape index (κ2) is 7.08. The van der Waals surface area contributed by atoms with Crippen LogP contribution < -0.4 is 0 Å². The number of fused-ring (bicyclic) bond motifs is 1. The van der Waals surface area contributed by atoms with E-state index in [1.165, 1.54) is 38.4 Å². The molecule has 0 unspecified atom stereocenters. The molecule has 1 aliphatic rings. The number of ether oxygens (including phenoxy) is 1. The number of esters is 1. The summed E-state index contributed by atoms with van der Waals surface area (Å²) in [6.07, 6.45) is 7.29. The molecule has 0 bridgehead atoms. The molecule has 1 fully saturated rings. The Labute approximate surface area is 157 Å². The lowest BCUT2D eigenvalue weighted by molar-refractivity contribution is 0.0593. The average Bonchev–Trinajstić information content (AvgIpc) is 3.29. The SMILES string of the molecule is COC(=O)c1cccc(Cc2c(C3CCCC3)nn3cc(Cl)ccc23)n1. The van der Waals surface area contributed by atoms with E-state index in [0.29, 0.717) is 23.1 Å². The topological polar surface area (TPSA) is 56.5 Å². The van der Waals surface area contributed by atoms with Crippen LogP contribution in [0, 0.1) is 0 Å². The van der Waals surface area contributed by atoms with Gasteiger partial charge in [0.05, 0.1) is 23.3 Å². The predicted molar refractivity (Wildman–Crippen MR) is 99.8 cm³/mol. The summed E-state index contributed by atoms with van der Waals surface area (Å²) in [5.74, 6) is 0.0574. The molecule has 3 aromatic heterocycles. The molecule has 0 saturated heterocycles. The normalized spacial score (nSPS) is 14.8. The highest BCUT2D eigenvalue weighted by molar-refractivity contribution is 6.30. The molecule has 0 aromatic carbocycles. The minimum absolute atomic E-state index is 0.326. The molecule has 0 spiro atoms. The zero-order valence-electron chi connectivity index (χ0n) is 14.6. The summed E-state index contributed by atoms with van der Waals surface area (Å²) in [5, 5.41) is 5.50. The van der Waals surface area contributed by atoms with E-state index in [1.54, 1.807) is 6.07 Å². The summed E-state index contributed by atoms with van der Waals surface area (Å²) in [5.41, 5.74) is 4.50. The number of pyridine rings is 2. The number of carbonyl (C=O) groups is 1. The van der Waals surface area contributed by atoms with Crippen molar-refractivity contribution in [3.8, 4) is 0 Å². The maximum atomic E-state index is 11.8. The van der Waals surface area contributed by atoms with Gasteiger partial charge in [-0.2, -0.15) is 5.10 Å². The molecule has 5 nitrogen and oxygen atoms in total. The molecule has 0 radical (unpaired) electrons. The molecule has 134 valence electrons. The Balaban J connectivity index is 1.77. The predicted octanol–water partition coefficient (Wildman–Crippen LogP) is 4.42. The van der Waals surface area contributed by atoms with Crippen LogP contribution in [0.1, 0.15) is 59.0 Å². The zero-order valence-corrected chi connectivity index (χ0v) is 15.4. The van der Waals surface area contributed by atoms with Crippen LogP contribution in [0.3, 0.4) is 0 Å². The maximum absolute atomic E-state index is 11.8. The molecule has 6 heteroatoms. The van der Waals surface area contributed by atoms with Crippen molar-refractivity contribution >= 4 is 23.1 Å². The molecule has 0 aliphatic heterocycles. The maximum Gasteiger partial charge on any atom is 0.356 e. The fourth-order valence-corrected chi connectivity index (χ4v) is 3.93. The van der Waals surface area contributed by atoms with Gasteiger partial charge in [0.1, 0.15) is 5.69 Å². The lowest BCUT2D eigenvalue weighted by Gasteiger charge is -2.09. The lowest BCUT2D eigenvalue weighted by atomic mass is 9.96. The number of methoxy groups -OCH3 is 1. The summed E-state index contributed by atoms with van der Waals surface area (Å²) in [6.45, 7) is 0. The van der Waals surface area contributed by atoms with Crippen LogP contribution >= 0.6 is 11.6 Å². The van der Waals surface area contributed by atoms with Gasteiger partial charge in [-0.15, -0.1) is 0 Å². The molecule has 4 rings (SSSR count). The Kier molecular flexibility index (Phi) is 4.64. The highest BCUT2D eigenvalue weighted by atomic mass is 35.5. The van der Waals surface area contributed by atoms with Crippen molar-refractivity contribution < 1.29 is 9.53 Å². The Morgan fingerprint density at radius 1 is 1.27 bits per heavy atom. The van der Waals surface area contributed by atoms with E-state index in [-0.39, 0.29) is 0 Å². The van der Waals surface area contributed by atoms with Crippen LogP contribution in [0.5, 0.6) is 0 Å². The van der Waals surface area contributed by atoms with Crippen molar-refractivity contribution in [2.75, 3.05) is 7.11 Å². The molecular formula is C20H20ClN3O2. The smallest absolute Gasteiger partial charge is 0.356 e. The van der Waals surface area contributed by atoms with Crippen LogP contribution in [0.25, 0.3) is 5.52 Å². The van der Waals surface area contributed by atoms with Crippen LogP contribution in [0.4, 0.5) is 0 Å². The number of hydrogen-bond donors (Lipinski definition) is 0. The van der Waals surface area contributed by atoms with Gasteiger partial charge >= 0.3 is 5.97 Å². The quantitative estimate of drug-likeness (QED) is 0.639. The first-order chi connectivity index (χ1) is 12.7. The van der Waals surface area contributed by atoms with E-state index in [4.69, 9.17) is 21.4 Å². The Morgan fingerprint density at radius 2 is 2.08 bits per heavy atom. The van der Waals surface area contributed by atoms with Gasteiger partial charge in [0.2, 0.25) is 0 Å². The first kappa shape index (κ1) is 17.0. The standard InChI is InChI=1S/C20H20ClN3O2/c1-26-20(25)17-8-4-7-15(22-17)11-16-18-10-9-14(21)12-24(18)23-19(16)13-5-2-3-6-13/h4,7-10,12-13H,2-3,5-6,11H2,1H3. The van der Waals surface area contributed by atoms with Gasteiger partial charge in [-0.1, -0.05) is 30.5 Å². The average molecular weight is 370 g/mol. The fourth-order valence-electron chi connectivity index (χ4n) is 3.78. The minimum Gasteiger partial charge on any atom is -0.464 e. The van der Waals surface area contributed by atoms with Gasteiger partial charge in [-0.05, 0) is 37.1 Å². The summed E-state index contributed by atoms with van der Waals surface area (Å²) < 4.78 is 6.65. The lowest BCUT2D eigenvalue weighted by Crippen LogP contribution is -2.07. The van der Waals surface area contributed by atoms with Gasteiger partial charge in [0.15, 0.2) is 0 Å². The molecular weight excluding hydrogens is 350 g/mol. The molecule has 0 atom stereocenters. The van der Waals surface area contributed by atoms with Crippen molar-refractivity contribution in [3.05, 3.63) is 64.2 Å². The molecule has 26 heavy (non-hydrogen) atoms. The van der Waals surface area contributed by atoms with Gasteiger partial charge in [0.25, 0.3) is 0 Å². The van der Waals surface area contributed by atoms with Crippen LogP contribution in [-0.4, -0.2) is 27.7 Å². The molecule has 3 heterocycles. The van der Waals surface area contributed by atoms with E-state index in [0.717, 1.165) is 16.9 Å². The van der Waals surface area contributed by atoms with Gasteiger partial charge in [-0.25, -0.2) is 14.3 Å². The van der Waals surface area contributed by atoms with Crippen molar-refractivity contribution in [2.24, 2.45) is 0 Å². The monoisotopic (exact) mass is 369 g/mol. The second-order valence-electron chi connectivity index (χ2n) is 6.70. The van der Waals surface area contributed by atoms with Crippen molar-refractivity contribution in [1.29, 1.82) is 0 Å². The van der Waals surface area contributed by atoms with Gasteiger partial charge in [-0.3, -0.25) is 0 Å². The van der Waals surface area contributed by atoms with Crippen molar-refractivity contribution in [2.45, 2.75) is 38.0 Å². The number of halogens is 1. The summed E-state index contributed by atoms with van der Waals surface area (Å²) >= 11 is 6.15. The molecule has 1 aliphatic carbocycles. The number of rotatable bonds is 4. The molecule has 1 saturated carbocycles. The minimum atomic E-state index is -0.422. The summed E-state index contributed by atoms with van der Waals surface area (Å²) in [6, 6.07) is 9.34. The number of carbonyl (C=O) groups excluding carboxylic acids is 1. The third kappa shape index (κ3) is 3.19. The van der Waals surface area contributed by atoms with E-state index >= 15 is 0 Å². The fraction of sp³-hybridized carbons (Fsp3) is 0.350. The Hall–Kier alpha value is -2.40. The number of nitrogens with zero attached hydrogens (tertiary/aromatic N) is 3. The summed E-state index contributed by atoms with van der Waals surface area (Å²) in [7, 11) is 1.36. The van der Waals surface area contributed by atoms with Crippen LogP contribution in [0.2, 0.25) is 5.02 Å². The van der Waals surface area contributed by atoms with Crippen LogP contribution in [0.15, 0.2) is 36.5 Å². The molecule has 0 amide bonds. The van der Waals surface area contributed by atoms with Crippen molar-refractivity contribution in [1.82, 2.24) is 14.6 Å². The van der Waals surface area contributed by atoms with Crippen LogP contribution in [-0.2, 0) is 11.2 Å². The second-order valence-corrected chi connectivity index (χ2v) is 7.14. The third-order valence-electron chi connectivity index (χ3n) is 5.03. The van der Waals surface area contributed by atoms with E-state index in [9.17, 15) is 4.79 Å². The molecule has 0 N–H and O–H groups in total.